The minimum atomic E-state index is 0.134. The summed E-state index contributed by atoms with van der Waals surface area (Å²) in [6.07, 6.45) is 30.8. The van der Waals surface area contributed by atoms with Crippen molar-refractivity contribution < 1.29 is 5.11 Å². The number of halogens is 6. The van der Waals surface area contributed by atoms with Crippen molar-refractivity contribution in [2.75, 3.05) is 0 Å². The van der Waals surface area contributed by atoms with Crippen molar-refractivity contribution in [2.24, 2.45) is 7.05 Å². The number of pyridine rings is 2. The van der Waals surface area contributed by atoms with E-state index >= 15 is 0 Å². The number of imidazole rings is 1. The van der Waals surface area contributed by atoms with E-state index in [9.17, 15) is 5.11 Å². The molecule has 0 bridgehead atoms. The van der Waals surface area contributed by atoms with Crippen LogP contribution >= 0.6 is 107 Å². The molecule has 0 radical (unpaired) electrons. The van der Waals surface area contributed by atoms with Crippen molar-refractivity contribution >= 4 is 194 Å². The molecule has 0 unspecified atom stereocenters. The van der Waals surface area contributed by atoms with Crippen LogP contribution in [0.2, 0.25) is 0 Å². The summed E-state index contributed by atoms with van der Waals surface area (Å²) in [6, 6.07) is 86.2. The largest absolute Gasteiger partial charge is 0.391 e. The Bertz CT molecular complexity index is 7630. The molecule has 10 aromatic heterocycles. The summed E-state index contributed by atoms with van der Waals surface area (Å²) in [5, 5.41) is 45.0. The number of H-pyrrole nitrogens is 6. The summed E-state index contributed by atoms with van der Waals surface area (Å²) < 4.78 is 8.94. The maximum Gasteiger partial charge on any atom is 0.0945 e. The molecule has 13 N–H and O–H groups in total. The first-order valence-electron chi connectivity index (χ1n) is 49.7. The second-order valence-corrected chi connectivity index (χ2v) is 45.0. The van der Waals surface area contributed by atoms with E-state index in [2.05, 4.69) is 389 Å². The third kappa shape index (κ3) is 22.4. The minimum Gasteiger partial charge on any atom is -0.391 e. The van der Waals surface area contributed by atoms with Crippen molar-refractivity contribution in [3.05, 3.63) is 400 Å². The first-order valence-corrected chi connectivity index (χ1v) is 55.3. The van der Waals surface area contributed by atoms with Gasteiger partial charge in [-0.3, -0.25) is 9.97 Å². The Labute approximate surface area is 876 Å². The molecule has 0 amide bonds. The highest BCUT2D eigenvalue weighted by Crippen LogP contribution is 2.44. The monoisotopic (exact) mass is 2270 g/mol. The average Bonchev–Trinajstić information content (AvgIpc) is 1.65. The number of thiophene rings is 1. The van der Waals surface area contributed by atoms with Crippen LogP contribution in [-0.2, 0) is 91.4 Å². The highest BCUT2D eigenvalue weighted by molar-refractivity contribution is 9.11. The van der Waals surface area contributed by atoms with Crippen LogP contribution in [0.3, 0.4) is 0 Å². The number of rotatable bonds is 19. The van der Waals surface area contributed by atoms with Crippen LogP contribution < -0.4 is 31.9 Å². The molecule has 17 nitrogen and oxygen atoms in total. The Morgan fingerprint density at radius 1 is 0.319 bits per heavy atom. The molecule has 0 spiro atoms. The van der Waals surface area contributed by atoms with E-state index < -0.39 is 0 Å². The van der Waals surface area contributed by atoms with Gasteiger partial charge in [0.2, 0.25) is 0 Å². The van der Waals surface area contributed by atoms with Gasteiger partial charge in [-0.05, 0) is 333 Å². The molecule has 20 aromatic rings. The molecular formula is C117H116Br6N16OS. The topological polar surface area (TPSA) is 231 Å². The number of aliphatic hydroxyl groups excluding tert-OH is 1. The lowest BCUT2D eigenvalue weighted by Crippen LogP contribution is -2.25. The zero-order chi connectivity index (χ0) is 95.8. The summed E-state index contributed by atoms with van der Waals surface area (Å²) in [5.74, 6) is 0. The first-order chi connectivity index (χ1) is 69.2. The van der Waals surface area contributed by atoms with Gasteiger partial charge in [0.05, 0.1) is 24.3 Å². The number of aromatic nitrogens is 10. The zero-order valence-electron chi connectivity index (χ0n) is 79.0. The summed E-state index contributed by atoms with van der Waals surface area (Å²) in [7, 11) is 2.04. The van der Waals surface area contributed by atoms with Crippen molar-refractivity contribution in [3.63, 3.8) is 0 Å². The molecular weight excluding hydrogens is 2160 g/mol. The minimum absolute atomic E-state index is 0.134. The van der Waals surface area contributed by atoms with Crippen molar-refractivity contribution in [1.29, 1.82) is 0 Å². The Kier molecular flexibility index (Phi) is 30.9. The lowest BCUT2D eigenvalue weighted by molar-refractivity contribution is 0.285. The van der Waals surface area contributed by atoms with Crippen LogP contribution in [0, 0.1) is 0 Å². The molecule has 718 valence electrons. The second-order valence-electron chi connectivity index (χ2n) is 38.2. The predicted molar refractivity (Wildman–Crippen MR) is 601 cm³/mol. The quantitative estimate of drug-likeness (QED) is 0.0366. The number of aryl methyl sites for hydroxylation is 7. The van der Waals surface area contributed by atoms with Gasteiger partial charge >= 0.3 is 0 Å². The van der Waals surface area contributed by atoms with Crippen LogP contribution in [0.1, 0.15) is 219 Å². The maximum absolute atomic E-state index is 9.18. The molecule has 6 aliphatic carbocycles. The van der Waals surface area contributed by atoms with E-state index in [1.54, 1.807) is 11.3 Å². The fourth-order valence-corrected chi connectivity index (χ4v) is 25.2. The Morgan fingerprint density at radius 2 is 0.702 bits per heavy atom. The van der Waals surface area contributed by atoms with E-state index in [1.807, 2.05) is 62.4 Å². The van der Waals surface area contributed by atoms with Crippen LogP contribution in [-0.4, -0.2) is 54.5 Å². The van der Waals surface area contributed by atoms with Crippen LogP contribution in [0.5, 0.6) is 0 Å². The molecule has 26 rings (SSSR count). The SMILES string of the molecule is Brc1ccc2[nH]c3c(c2c1)CCC[C@H]3NCc1ccc2ccccc2c1.Brc1ccc2[nH]c3c(c2c1)CCC[C@H]3NCc1cccc2ccccc12.Brc1ccc2[nH]c3c(c2c1)CCC[C@H]3NCc1ccccn1.Brc1ccc2[nH]c3c(c2c1)CCC[C@H]3NCc1cccnc1.Cn1cncc1CN[C@@H]1CCCc2c1[nH]c1ccc(Br)cc21.OCc1ccc(CN[C@@H]2CCCc3c2[nH]c2ccc(Br)cc32)s1. The molecule has 10 aromatic carbocycles. The highest BCUT2D eigenvalue weighted by atomic mass is 79.9. The molecule has 0 fully saturated rings. The summed E-state index contributed by atoms with van der Waals surface area (Å²) in [5.41, 5.74) is 30.7. The zero-order valence-corrected chi connectivity index (χ0v) is 89.3. The van der Waals surface area contributed by atoms with Gasteiger partial charge in [0.25, 0.3) is 0 Å². The fraction of sp³-hybridized carbons (Fsp3) is 0.274. The van der Waals surface area contributed by atoms with Gasteiger partial charge in [-0.15, -0.1) is 11.3 Å². The van der Waals surface area contributed by atoms with Crippen molar-refractivity contribution in [1.82, 2.24) is 81.3 Å². The van der Waals surface area contributed by atoms with E-state index in [0.29, 0.717) is 36.3 Å². The molecule has 0 saturated carbocycles. The van der Waals surface area contributed by atoms with Crippen LogP contribution in [0.25, 0.3) is 87.0 Å². The van der Waals surface area contributed by atoms with Gasteiger partial charge in [-0.1, -0.05) is 187 Å². The van der Waals surface area contributed by atoms with Gasteiger partial charge in [-0.2, -0.15) is 0 Å². The van der Waals surface area contributed by atoms with E-state index in [-0.39, 0.29) is 6.61 Å². The average molecular weight is 2270 g/mol. The normalized spacial score (nSPS) is 17.4. The molecule has 24 heteroatoms. The Morgan fingerprint density at radius 3 is 1.11 bits per heavy atom. The number of hydrogen-bond acceptors (Lipinski definition) is 11. The molecule has 141 heavy (non-hydrogen) atoms. The number of nitrogens with one attached hydrogen (secondary N) is 12. The Balaban J connectivity index is 0.000000100. The fourth-order valence-electron chi connectivity index (χ4n) is 22.2. The molecule has 0 saturated heterocycles. The lowest BCUT2D eigenvalue weighted by Gasteiger charge is -2.24. The number of hydrogen-bond donors (Lipinski definition) is 13. The molecule has 6 atom stereocenters. The van der Waals surface area contributed by atoms with Gasteiger partial charge in [0.1, 0.15) is 0 Å². The number of nitrogens with zero attached hydrogens (tertiary/aromatic N) is 4. The number of aromatic amines is 6. The maximum atomic E-state index is 9.18. The molecule has 6 aliphatic rings. The summed E-state index contributed by atoms with van der Waals surface area (Å²) >= 11 is 23.2. The van der Waals surface area contributed by atoms with Crippen molar-refractivity contribution in [2.45, 2.75) is 198 Å². The smallest absolute Gasteiger partial charge is 0.0945 e. The van der Waals surface area contributed by atoms with Gasteiger partial charge in [0.15, 0.2) is 0 Å². The van der Waals surface area contributed by atoms with E-state index in [1.165, 1.54) is 265 Å². The highest BCUT2D eigenvalue weighted by Gasteiger charge is 2.32. The van der Waals surface area contributed by atoms with E-state index in [4.69, 9.17) is 0 Å². The van der Waals surface area contributed by atoms with Crippen LogP contribution in [0.15, 0.2) is 295 Å². The first kappa shape index (κ1) is 96.9. The van der Waals surface area contributed by atoms with Gasteiger partial charge < -0.3 is 71.5 Å². The predicted octanol–water partition coefficient (Wildman–Crippen LogP) is 30.0. The van der Waals surface area contributed by atoms with E-state index in [0.717, 1.165) is 109 Å². The lowest BCUT2D eigenvalue weighted by atomic mass is 9.91. The number of fused-ring (bicyclic) bond motifs is 20. The molecule has 10 heterocycles. The standard InChI is InChI=1S/2C23H21BrN2.2C18H18BrN3.C18H19BrN2OS.C17H19BrN4/c24-17-11-12-21-20(13-17)19-9-4-10-22(23(19)26-21)25-14-16-7-3-6-15-5-1-2-8-18(15)16;24-18-10-11-21-20(13-18)19-6-3-7-22(23(19)26-21)25-14-15-8-9-16-4-1-2-5-17(16)12-15;19-13-6-7-16-15(9-13)14-4-1-5-17(18(14)22-16)21-11-12-3-2-8-20-10-12;19-12-7-8-16-15(10-12)14-5-3-6-17(18(14)22-16)21-11-13-4-1-2-9-20-13;19-11-4-7-16-15(8-11)14-2-1-3-17(18(14)21-16)20-9-12-5-6-13(10-22)23-12;1-22-10-19-8-12(22)9-20-16-4-2-3-13-14-7-11(18)5-6-15(14)21-17(13)16/h1-3,5-8,11-13,22,25-26H,4,9-10,14H2;1-2,4-5,8-13,22,25-26H,3,6-7,14H2;2-3,6-10,17,21-22H,1,4-5,11H2;1-2,4,7-10,17,21-22H,3,5-6,11H2;4-8,17,20-22H,1-3,9-10H2;5-8,10,16,20-21H,2-4,9H2,1H3/t2*22-;3*17-;16-/m111111/s1. The summed E-state index contributed by atoms with van der Waals surface area (Å²) in [4.78, 5) is 36.9. The third-order valence-corrected chi connectivity index (χ3v) is 33.2. The molecule has 0 aliphatic heterocycles. The van der Waals surface area contributed by atoms with Gasteiger partial charge in [0, 0.05) is 244 Å². The number of aliphatic hydroxyl groups is 1. The Hall–Kier alpha value is -10.2. The second kappa shape index (κ2) is 45.0. The van der Waals surface area contributed by atoms with Gasteiger partial charge in [-0.25, -0.2) is 4.98 Å². The third-order valence-electron chi connectivity index (χ3n) is 29.2. The summed E-state index contributed by atoms with van der Waals surface area (Å²) in [6.45, 7) is 5.29. The van der Waals surface area contributed by atoms with Crippen molar-refractivity contribution in [3.8, 4) is 0 Å². The number of benzene rings is 10. The van der Waals surface area contributed by atoms with Crippen LogP contribution in [0.4, 0.5) is 0 Å².